The Hall–Kier alpha value is -2.81. The molecular formula is C13H11N5O3S. The summed E-state index contributed by atoms with van der Waals surface area (Å²) < 4.78 is 0. The molecule has 0 aliphatic carbocycles. The first-order valence-electron chi connectivity index (χ1n) is 6.36. The van der Waals surface area contributed by atoms with E-state index in [9.17, 15) is 14.4 Å². The third-order valence-corrected chi connectivity index (χ3v) is 3.78. The smallest absolute Gasteiger partial charge is 0.320 e. The van der Waals surface area contributed by atoms with Crippen LogP contribution < -0.4 is 10.6 Å². The predicted molar refractivity (Wildman–Crippen MR) is 78.6 cm³/mol. The molecule has 1 aliphatic rings. The maximum absolute atomic E-state index is 12.1. The molecule has 1 aliphatic heterocycles. The van der Waals surface area contributed by atoms with Crippen molar-refractivity contribution < 1.29 is 14.4 Å². The first-order chi connectivity index (χ1) is 10.6. The molecule has 2 N–H and O–H groups in total. The predicted octanol–water partition coefficient (Wildman–Crippen LogP) is 1.22. The molecule has 0 atom stereocenters. The number of hydrogen-bond donors (Lipinski definition) is 2. The van der Waals surface area contributed by atoms with Gasteiger partial charge in [-0.15, -0.1) is 10.2 Å². The molecule has 0 spiro atoms. The fourth-order valence-corrected chi connectivity index (χ4v) is 2.61. The number of anilines is 1. The highest BCUT2D eigenvalue weighted by molar-refractivity contribution is 7.15. The Labute approximate surface area is 129 Å². The van der Waals surface area contributed by atoms with Gasteiger partial charge in [0.2, 0.25) is 5.13 Å². The third-order valence-electron chi connectivity index (χ3n) is 3.02. The van der Waals surface area contributed by atoms with Crippen molar-refractivity contribution in [3.05, 3.63) is 40.4 Å². The van der Waals surface area contributed by atoms with Crippen LogP contribution >= 0.6 is 11.3 Å². The zero-order valence-electron chi connectivity index (χ0n) is 11.5. The summed E-state index contributed by atoms with van der Waals surface area (Å²) in [4.78, 5) is 36.9. The highest BCUT2D eigenvalue weighted by Crippen LogP contribution is 2.21. The summed E-state index contributed by atoms with van der Waals surface area (Å²) in [6.45, 7) is 1.55. The second kappa shape index (κ2) is 5.53. The lowest BCUT2D eigenvalue weighted by Crippen LogP contribution is -2.42. The summed E-state index contributed by atoms with van der Waals surface area (Å²) in [5.41, 5.74) is 0.684. The van der Waals surface area contributed by atoms with Crippen molar-refractivity contribution in [1.29, 1.82) is 0 Å². The van der Waals surface area contributed by atoms with Crippen LogP contribution in [0.5, 0.6) is 0 Å². The fraction of sp³-hybridized carbons (Fsp3) is 0.154. The highest BCUT2D eigenvalue weighted by atomic mass is 32.1. The molecule has 9 heteroatoms. The number of aryl methyl sites for hydroxylation is 1. The van der Waals surface area contributed by atoms with E-state index in [-0.39, 0.29) is 6.67 Å². The van der Waals surface area contributed by atoms with E-state index in [1.165, 1.54) is 11.3 Å². The molecule has 3 rings (SSSR count). The van der Waals surface area contributed by atoms with Crippen molar-refractivity contribution in [2.24, 2.45) is 0 Å². The van der Waals surface area contributed by atoms with Gasteiger partial charge in [0, 0.05) is 0 Å². The van der Waals surface area contributed by atoms with E-state index in [0.29, 0.717) is 16.3 Å². The minimum Gasteiger partial charge on any atom is -0.320 e. The minimum absolute atomic E-state index is 0.212. The van der Waals surface area contributed by atoms with Crippen LogP contribution in [0.1, 0.15) is 25.7 Å². The lowest BCUT2D eigenvalue weighted by Gasteiger charge is -2.14. The molecule has 1 aromatic carbocycles. The first-order valence-corrected chi connectivity index (χ1v) is 7.18. The number of rotatable bonds is 3. The normalized spacial score (nSPS) is 13.2. The van der Waals surface area contributed by atoms with Gasteiger partial charge in [0.05, 0.1) is 11.1 Å². The van der Waals surface area contributed by atoms with E-state index in [2.05, 4.69) is 20.8 Å². The van der Waals surface area contributed by atoms with Crippen LogP contribution in [0.4, 0.5) is 9.93 Å². The van der Waals surface area contributed by atoms with Gasteiger partial charge in [0.15, 0.2) is 0 Å². The van der Waals surface area contributed by atoms with Crippen LogP contribution in [0.3, 0.4) is 0 Å². The van der Waals surface area contributed by atoms with E-state index in [1.807, 2.05) is 0 Å². The number of nitrogens with one attached hydrogen (secondary N) is 2. The van der Waals surface area contributed by atoms with Gasteiger partial charge in [-0.3, -0.25) is 19.8 Å². The van der Waals surface area contributed by atoms with Gasteiger partial charge >= 0.3 is 6.03 Å². The minimum atomic E-state index is -0.562. The summed E-state index contributed by atoms with van der Waals surface area (Å²) in [6.07, 6.45) is 0. The molecule has 0 unspecified atom stereocenters. The van der Waals surface area contributed by atoms with Crippen LogP contribution in [0, 0.1) is 6.92 Å². The van der Waals surface area contributed by atoms with Crippen molar-refractivity contribution in [3.63, 3.8) is 0 Å². The largest absolute Gasteiger partial charge is 0.322 e. The van der Waals surface area contributed by atoms with Crippen LogP contribution in [-0.4, -0.2) is 39.6 Å². The lowest BCUT2D eigenvalue weighted by molar-refractivity contribution is 0.0648. The van der Waals surface area contributed by atoms with Crippen LogP contribution in [-0.2, 0) is 0 Å². The topological polar surface area (TPSA) is 104 Å². The fourth-order valence-electron chi connectivity index (χ4n) is 2.02. The first kappa shape index (κ1) is 14.1. The maximum Gasteiger partial charge on any atom is 0.322 e. The Kier molecular flexibility index (Phi) is 3.55. The van der Waals surface area contributed by atoms with Crippen LogP contribution in [0.2, 0.25) is 0 Å². The summed E-state index contributed by atoms with van der Waals surface area (Å²) in [5.74, 6) is -0.847. The zero-order valence-corrected chi connectivity index (χ0v) is 12.3. The third kappa shape index (κ3) is 2.53. The van der Waals surface area contributed by atoms with Crippen LogP contribution in [0.15, 0.2) is 24.3 Å². The summed E-state index contributed by atoms with van der Waals surface area (Å²) >= 11 is 1.22. The van der Waals surface area contributed by atoms with Crippen molar-refractivity contribution in [1.82, 2.24) is 20.4 Å². The molecule has 0 saturated heterocycles. The molecule has 4 amide bonds. The summed E-state index contributed by atoms with van der Waals surface area (Å²) in [7, 11) is 0. The summed E-state index contributed by atoms with van der Waals surface area (Å²) in [5, 5.41) is 13.5. The molecule has 0 radical (unpaired) electrons. The van der Waals surface area contributed by atoms with Crippen LogP contribution in [0.25, 0.3) is 0 Å². The van der Waals surface area contributed by atoms with Gasteiger partial charge in [-0.1, -0.05) is 23.5 Å². The number of carbonyl (C=O) groups excluding carboxylic acids is 3. The molecule has 0 saturated carbocycles. The van der Waals surface area contributed by atoms with Crippen molar-refractivity contribution >= 4 is 34.3 Å². The van der Waals surface area contributed by atoms with E-state index in [4.69, 9.17) is 0 Å². The van der Waals surface area contributed by atoms with Gasteiger partial charge in [0.25, 0.3) is 11.8 Å². The Morgan fingerprint density at radius 1 is 1.18 bits per heavy atom. The molecule has 2 aromatic rings. The van der Waals surface area contributed by atoms with E-state index in [0.717, 1.165) is 9.91 Å². The van der Waals surface area contributed by atoms with Crippen molar-refractivity contribution in [2.75, 3.05) is 12.0 Å². The van der Waals surface area contributed by atoms with Gasteiger partial charge in [-0.2, -0.15) is 0 Å². The highest BCUT2D eigenvalue weighted by Gasteiger charge is 2.35. The second-order valence-electron chi connectivity index (χ2n) is 4.50. The van der Waals surface area contributed by atoms with Gasteiger partial charge in [-0.25, -0.2) is 4.79 Å². The average molecular weight is 317 g/mol. The number of hydrogen-bond acceptors (Lipinski definition) is 6. The Morgan fingerprint density at radius 2 is 1.82 bits per heavy atom. The Bertz CT molecular complexity index is 738. The van der Waals surface area contributed by atoms with Crippen molar-refractivity contribution in [2.45, 2.75) is 6.92 Å². The quantitative estimate of drug-likeness (QED) is 0.828. The number of urea groups is 1. The Balaban J connectivity index is 1.62. The summed E-state index contributed by atoms with van der Waals surface area (Å²) in [6, 6.07) is 5.98. The molecule has 2 heterocycles. The molecule has 1 aromatic heterocycles. The lowest BCUT2D eigenvalue weighted by atomic mass is 10.1. The van der Waals surface area contributed by atoms with E-state index < -0.39 is 17.8 Å². The number of nitrogens with zero attached hydrogens (tertiary/aromatic N) is 3. The monoisotopic (exact) mass is 317 g/mol. The molecule has 22 heavy (non-hydrogen) atoms. The molecule has 0 bridgehead atoms. The standard InChI is InChI=1S/C13H11N5O3S/c1-7-16-17-13(22-7)15-12(21)14-6-18-10(19)8-4-2-3-5-9(8)11(18)20/h2-5H,6H2,1H3,(H2,14,15,17,21). The number of aromatic nitrogens is 2. The number of carbonyl (C=O) groups is 3. The van der Waals surface area contributed by atoms with Gasteiger partial charge in [0.1, 0.15) is 11.7 Å². The molecule has 8 nitrogen and oxygen atoms in total. The maximum atomic E-state index is 12.1. The van der Waals surface area contributed by atoms with Crippen molar-refractivity contribution in [3.8, 4) is 0 Å². The van der Waals surface area contributed by atoms with E-state index >= 15 is 0 Å². The second-order valence-corrected chi connectivity index (χ2v) is 5.68. The SMILES string of the molecule is Cc1nnc(NC(=O)NCN2C(=O)c3ccccc3C2=O)s1. The van der Waals surface area contributed by atoms with Gasteiger partial charge < -0.3 is 5.32 Å². The molecular weight excluding hydrogens is 306 g/mol. The number of amides is 4. The zero-order chi connectivity index (χ0) is 15.7. The Morgan fingerprint density at radius 3 is 2.36 bits per heavy atom. The molecule has 112 valence electrons. The molecule has 0 fully saturated rings. The van der Waals surface area contributed by atoms with E-state index in [1.54, 1.807) is 31.2 Å². The average Bonchev–Trinajstić information content (AvgIpc) is 3.01. The number of imide groups is 1. The van der Waals surface area contributed by atoms with Gasteiger partial charge in [-0.05, 0) is 19.1 Å². The number of fused-ring (bicyclic) bond motifs is 1. The number of benzene rings is 1.